The van der Waals surface area contributed by atoms with Crippen LogP contribution in [0.25, 0.3) is 0 Å². The minimum Gasteiger partial charge on any atom is -0.443 e. The molecule has 0 saturated heterocycles. The third kappa shape index (κ3) is 3.09. The molecule has 0 aromatic carbocycles. The van der Waals surface area contributed by atoms with E-state index in [0.717, 1.165) is 6.54 Å². The number of amides is 1. The van der Waals surface area contributed by atoms with Gasteiger partial charge < -0.3 is 4.74 Å². The molecule has 0 aromatic rings. The summed E-state index contributed by atoms with van der Waals surface area (Å²) in [6.45, 7) is 8.41. The van der Waals surface area contributed by atoms with Crippen LogP contribution < -0.4 is 0 Å². The molecule has 0 bridgehead atoms. The molecule has 13 heavy (non-hydrogen) atoms. The highest BCUT2D eigenvalue weighted by Crippen LogP contribution is 2.16. The van der Waals surface area contributed by atoms with E-state index >= 15 is 0 Å². The monoisotopic (exact) mass is 183 g/mol. The van der Waals surface area contributed by atoms with Gasteiger partial charge in [0.2, 0.25) is 0 Å². The summed E-state index contributed by atoms with van der Waals surface area (Å²) in [5.41, 5.74) is -0.406. The molecule has 1 amide bonds. The number of ether oxygens (including phenoxy) is 1. The van der Waals surface area contributed by atoms with Crippen LogP contribution in [0.1, 0.15) is 27.7 Å². The average Bonchev–Trinajstić information content (AvgIpc) is 2.31. The number of hydrogen-bond acceptors (Lipinski definition) is 2. The molecule has 0 spiro atoms. The largest absolute Gasteiger partial charge is 0.443 e. The van der Waals surface area contributed by atoms with E-state index in [-0.39, 0.29) is 6.09 Å². The number of hydrogen-bond donors (Lipinski definition) is 0. The van der Waals surface area contributed by atoms with Gasteiger partial charge in [0.25, 0.3) is 0 Å². The lowest BCUT2D eigenvalue weighted by Crippen LogP contribution is -2.33. The van der Waals surface area contributed by atoms with Gasteiger partial charge >= 0.3 is 6.09 Å². The first-order chi connectivity index (χ1) is 5.88. The SMILES string of the molecule is C[C@H]1C=CN(C(=O)OC(C)(C)C)C1. The van der Waals surface area contributed by atoms with Gasteiger partial charge in [0.1, 0.15) is 5.60 Å². The number of rotatable bonds is 0. The van der Waals surface area contributed by atoms with Crippen molar-refractivity contribution in [2.75, 3.05) is 6.54 Å². The van der Waals surface area contributed by atoms with E-state index in [1.807, 2.05) is 26.8 Å². The van der Waals surface area contributed by atoms with Crippen molar-refractivity contribution in [2.45, 2.75) is 33.3 Å². The van der Waals surface area contributed by atoms with Crippen molar-refractivity contribution in [3.05, 3.63) is 12.3 Å². The van der Waals surface area contributed by atoms with Crippen molar-refractivity contribution in [3.63, 3.8) is 0 Å². The second kappa shape index (κ2) is 3.40. The predicted octanol–water partition coefficient (Wildman–Crippen LogP) is 2.39. The molecular formula is C10H17NO2. The van der Waals surface area contributed by atoms with Crippen LogP contribution in [0, 0.1) is 5.92 Å². The molecule has 0 unspecified atom stereocenters. The fourth-order valence-electron chi connectivity index (χ4n) is 1.14. The molecular weight excluding hydrogens is 166 g/mol. The molecule has 74 valence electrons. The van der Waals surface area contributed by atoms with E-state index in [1.54, 1.807) is 11.1 Å². The van der Waals surface area contributed by atoms with Crippen molar-refractivity contribution < 1.29 is 9.53 Å². The first kappa shape index (κ1) is 10.1. The maximum absolute atomic E-state index is 11.5. The average molecular weight is 183 g/mol. The smallest absolute Gasteiger partial charge is 0.414 e. The molecule has 1 rings (SSSR count). The fourth-order valence-corrected chi connectivity index (χ4v) is 1.14. The summed E-state index contributed by atoms with van der Waals surface area (Å²) in [5, 5.41) is 0. The molecule has 0 aliphatic carbocycles. The summed E-state index contributed by atoms with van der Waals surface area (Å²) in [7, 11) is 0. The topological polar surface area (TPSA) is 29.5 Å². The number of carbonyl (C=O) groups is 1. The van der Waals surface area contributed by atoms with Gasteiger partial charge in [-0.15, -0.1) is 0 Å². The molecule has 3 heteroatoms. The Morgan fingerprint density at radius 2 is 2.15 bits per heavy atom. The zero-order valence-corrected chi connectivity index (χ0v) is 8.70. The Morgan fingerprint density at radius 1 is 1.54 bits per heavy atom. The van der Waals surface area contributed by atoms with Crippen LogP contribution in [0.15, 0.2) is 12.3 Å². The minimum absolute atomic E-state index is 0.256. The lowest BCUT2D eigenvalue weighted by atomic mass is 10.2. The second-order valence-electron chi connectivity index (χ2n) is 4.45. The van der Waals surface area contributed by atoms with E-state index in [9.17, 15) is 4.79 Å². The second-order valence-corrected chi connectivity index (χ2v) is 4.45. The summed E-state index contributed by atoms with van der Waals surface area (Å²) in [4.78, 5) is 13.1. The van der Waals surface area contributed by atoms with Crippen LogP contribution in [0.4, 0.5) is 4.79 Å². The van der Waals surface area contributed by atoms with Crippen molar-refractivity contribution in [1.29, 1.82) is 0 Å². The summed E-state index contributed by atoms with van der Waals surface area (Å²) in [5.74, 6) is 0.438. The van der Waals surface area contributed by atoms with E-state index in [0.29, 0.717) is 5.92 Å². The van der Waals surface area contributed by atoms with Gasteiger partial charge in [0.05, 0.1) is 0 Å². The van der Waals surface area contributed by atoms with Gasteiger partial charge in [0.15, 0.2) is 0 Å². The van der Waals surface area contributed by atoms with Gasteiger partial charge in [-0.25, -0.2) is 4.79 Å². The Hall–Kier alpha value is -0.990. The molecule has 1 atom stereocenters. The van der Waals surface area contributed by atoms with Gasteiger partial charge in [-0.1, -0.05) is 13.0 Å². The van der Waals surface area contributed by atoms with E-state index in [1.165, 1.54) is 0 Å². The van der Waals surface area contributed by atoms with Crippen LogP contribution >= 0.6 is 0 Å². The Kier molecular flexibility index (Phi) is 2.64. The van der Waals surface area contributed by atoms with Gasteiger partial charge in [-0.05, 0) is 26.7 Å². The van der Waals surface area contributed by atoms with E-state index in [4.69, 9.17) is 4.74 Å². The van der Waals surface area contributed by atoms with Crippen molar-refractivity contribution in [2.24, 2.45) is 5.92 Å². The Morgan fingerprint density at radius 3 is 2.54 bits per heavy atom. The van der Waals surface area contributed by atoms with Crippen molar-refractivity contribution in [3.8, 4) is 0 Å². The summed E-state index contributed by atoms with van der Waals surface area (Å²) in [6, 6.07) is 0. The molecule has 0 N–H and O–H groups in total. The van der Waals surface area contributed by atoms with E-state index < -0.39 is 5.60 Å². The zero-order chi connectivity index (χ0) is 10.1. The fraction of sp³-hybridized carbons (Fsp3) is 0.700. The Bertz CT molecular complexity index is 228. The maximum Gasteiger partial charge on any atom is 0.414 e. The highest BCUT2D eigenvalue weighted by molar-refractivity contribution is 5.69. The molecule has 0 aromatic heterocycles. The van der Waals surface area contributed by atoms with Crippen LogP contribution in [0.3, 0.4) is 0 Å². The molecule has 1 heterocycles. The van der Waals surface area contributed by atoms with E-state index in [2.05, 4.69) is 6.92 Å². The predicted molar refractivity (Wildman–Crippen MR) is 51.2 cm³/mol. The lowest BCUT2D eigenvalue weighted by molar-refractivity contribution is 0.0340. The van der Waals surface area contributed by atoms with Gasteiger partial charge in [0, 0.05) is 12.7 Å². The molecule has 1 aliphatic heterocycles. The van der Waals surface area contributed by atoms with Crippen LogP contribution in [-0.2, 0) is 4.74 Å². The first-order valence-electron chi connectivity index (χ1n) is 4.56. The Balaban J connectivity index is 2.46. The molecule has 0 radical (unpaired) electrons. The number of nitrogens with zero attached hydrogens (tertiary/aromatic N) is 1. The zero-order valence-electron chi connectivity index (χ0n) is 8.70. The van der Waals surface area contributed by atoms with Crippen LogP contribution in [0.2, 0.25) is 0 Å². The molecule has 0 saturated carbocycles. The van der Waals surface area contributed by atoms with Crippen LogP contribution in [0.5, 0.6) is 0 Å². The van der Waals surface area contributed by atoms with Crippen molar-refractivity contribution in [1.82, 2.24) is 4.90 Å². The van der Waals surface area contributed by atoms with Crippen LogP contribution in [-0.4, -0.2) is 23.1 Å². The molecule has 1 aliphatic rings. The van der Waals surface area contributed by atoms with Gasteiger partial charge in [-0.3, -0.25) is 4.90 Å². The highest BCUT2D eigenvalue weighted by atomic mass is 16.6. The van der Waals surface area contributed by atoms with Gasteiger partial charge in [-0.2, -0.15) is 0 Å². The maximum atomic E-state index is 11.5. The third-order valence-electron chi connectivity index (χ3n) is 1.71. The standard InChI is InChI=1S/C10H17NO2/c1-8-5-6-11(7-8)9(12)13-10(2,3)4/h5-6,8H,7H2,1-4H3/t8-/m0/s1. The van der Waals surface area contributed by atoms with Crippen molar-refractivity contribution >= 4 is 6.09 Å². The molecule has 0 fully saturated rings. The summed E-state index contributed by atoms with van der Waals surface area (Å²) < 4.78 is 5.21. The first-order valence-corrected chi connectivity index (χ1v) is 4.56. The quantitative estimate of drug-likeness (QED) is 0.577. The minimum atomic E-state index is -0.406. The summed E-state index contributed by atoms with van der Waals surface area (Å²) in [6.07, 6.45) is 3.54. The third-order valence-corrected chi connectivity index (χ3v) is 1.71. The Labute approximate surface area is 79.4 Å². The lowest BCUT2D eigenvalue weighted by Gasteiger charge is -2.23. The number of carbonyl (C=O) groups excluding carboxylic acids is 1. The summed E-state index contributed by atoms with van der Waals surface area (Å²) >= 11 is 0. The highest BCUT2D eigenvalue weighted by Gasteiger charge is 2.23. The molecule has 3 nitrogen and oxygen atoms in total. The normalized spacial score (nSPS) is 22.2.